The zero-order valence-electron chi connectivity index (χ0n) is 12.3. The van der Waals surface area contributed by atoms with Gasteiger partial charge in [-0.05, 0) is 29.7 Å². The molecule has 0 fully saturated rings. The number of hydrogen-bond donors (Lipinski definition) is 1. The van der Waals surface area contributed by atoms with Crippen LogP contribution >= 0.6 is 11.6 Å². The standard InChI is InChI=1S/C14H23ClN2O2S/c1-4-11(3)10-17(5-2)20(18,19)13-6-7-14(15)12(8-13)9-16/h6-8,11H,4-5,9-10,16H2,1-3H3. The van der Waals surface area contributed by atoms with E-state index in [4.69, 9.17) is 17.3 Å². The molecule has 1 rings (SSSR count). The lowest BCUT2D eigenvalue weighted by atomic mass is 10.1. The lowest BCUT2D eigenvalue weighted by Crippen LogP contribution is -2.34. The first-order chi connectivity index (χ1) is 9.36. The minimum Gasteiger partial charge on any atom is -0.326 e. The number of rotatable bonds is 7. The predicted molar refractivity (Wildman–Crippen MR) is 83.2 cm³/mol. The third-order valence-electron chi connectivity index (χ3n) is 3.44. The molecule has 0 spiro atoms. The maximum Gasteiger partial charge on any atom is 0.243 e. The minimum atomic E-state index is -3.49. The second kappa shape index (κ2) is 7.41. The van der Waals surface area contributed by atoms with E-state index < -0.39 is 10.0 Å². The molecule has 0 radical (unpaired) electrons. The van der Waals surface area contributed by atoms with Crippen molar-refractivity contribution in [1.82, 2.24) is 4.31 Å². The highest BCUT2D eigenvalue weighted by atomic mass is 35.5. The summed E-state index contributed by atoms with van der Waals surface area (Å²) in [4.78, 5) is 0.257. The SMILES string of the molecule is CCC(C)CN(CC)S(=O)(=O)c1ccc(Cl)c(CN)c1. The minimum absolute atomic E-state index is 0.222. The van der Waals surface area contributed by atoms with Crippen molar-refractivity contribution in [2.75, 3.05) is 13.1 Å². The molecule has 0 saturated carbocycles. The Morgan fingerprint density at radius 2 is 2.00 bits per heavy atom. The average Bonchev–Trinajstić information content (AvgIpc) is 2.44. The smallest absolute Gasteiger partial charge is 0.243 e. The van der Waals surface area contributed by atoms with Gasteiger partial charge in [-0.2, -0.15) is 4.31 Å². The Kier molecular flexibility index (Phi) is 6.45. The molecule has 6 heteroatoms. The normalized spacial score (nSPS) is 13.7. The van der Waals surface area contributed by atoms with Gasteiger partial charge in [0.1, 0.15) is 0 Å². The summed E-state index contributed by atoms with van der Waals surface area (Å²) >= 11 is 5.98. The molecular weight excluding hydrogens is 296 g/mol. The van der Waals surface area contributed by atoms with Crippen molar-refractivity contribution in [3.63, 3.8) is 0 Å². The molecule has 0 amide bonds. The Balaban J connectivity index is 3.13. The van der Waals surface area contributed by atoms with Crippen LogP contribution in [0.5, 0.6) is 0 Å². The molecular formula is C14H23ClN2O2S. The van der Waals surface area contributed by atoms with E-state index in [-0.39, 0.29) is 11.4 Å². The van der Waals surface area contributed by atoms with Gasteiger partial charge in [0.2, 0.25) is 10.0 Å². The number of hydrogen-bond acceptors (Lipinski definition) is 3. The van der Waals surface area contributed by atoms with E-state index in [0.29, 0.717) is 29.6 Å². The number of sulfonamides is 1. The molecule has 0 aliphatic heterocycles. The summed E-state index contributed by atoms with van der Waals surface area (Å²) in [6, 6.07) is 4.70. The van der Waals surface area contributed by atoms with Crippen LogP contribution in [0.3, 0.4) is 0 Å². The van der Waals surface area contributed by atoms with Gasteiger partial charge in [0.05, 0.1) is 4.90 Å². The summed E-state index contributed by atoms with van der Waals surface area (Å²) in [5, 5.41) is 0.497. The largest absolute Gasteiger partial charge is 0.326 e. The molecule has 1 aromatic rings. The van der Waals surface area contributed by atoms with Gasteiger partial charge in [0.25, 0.3) is 0 Å². The van der Waals surface area contributed by atoms with Gasteiger partial charge >= 0.3 is 0 Å². The first kappa shape index (κ1) is 17.4. The molecule has 2 N–H and O–H groups in total. The molecule has 1 unspecified atom stereocenters. The lowest BCUT2D eigenvalue weighted by molar-refractivity contribution is 0.361. The van der Waals surface area contributed by atoms with E-state index in [9.17, 15) is 8.42 Å². The van der Waals surface area contributed by atoms with Gasteiger partial charge in [0, 0.05) is 24.7 Å². The topological polar surface area (TPSA) is 63.4 Å². The molecule has 0 aromatic heterocycles. The molecule has 0 saturated heterocycles. The van der Waals surface area contributed by atoms with Crippen LogP contribution in [0, 0.1) is 5.92 Å². The first-order valence-electron chi connectivity index (χ1n) is 6.85. The van der Waals surface area contributed by atoms with Crippen molar-refractivity contribution in [1.29, 1.82) is 0 Å². The molecule has 0 aliphatic rings. The summed E-state index contributed by atoms with van der Waals surface area (Å²) in [5.41, 5.74) is 6.23. The summed E-state index contributed by atoms with van der Waals surface area (Å²) in [6.45, 7) is 7.15. The van der Waals surface area contributed by atoms with E-state index in [0.717, 1.165) is 6.42 Å². The highest BCUT2D eigenvalue weighted by molar-refractivity contribution is 7.89. The first-order valence-corrected chi connectivity index (χ1v) is 8.67. The molecule has 0 aliphatic carbocycles. The van der Waals surface area contributed by atoms with Crippen LogP contribution in [0.25, 0.3) is 0 Å². The Hall–Kier alpha value is -0.620. The fraction of sp³-hybridized carbons (Fsp3) is 0.571. The molecule has 0 heterocycles. The van der Waals surface area contributed by atoms with Crippen molar-refractivity contribution in [3.05, 3.63) is 28.8 Å². The quantitative estimate of drug-likeness (QED) is 0.840. The highest BCUT2D eigenvalue weighted by Gasteiger charge is 2.24. The molecule has 0 bridgehead atoms. The Morgan fingerprint density at radius 3 is 2.50 bits per heavy atom. The third-order valence-corrected chi connectivity index (χ3v) is 5.75. The molecule has 20 heavy (non-hydrogen) atoms. The number of halogens is 1. The van der Waals surface area contributed by atoms with Crippen LogP contribution in [0.15, 0.2) is 23.1 Å². The van der Waals surface area contributed by atoms with Gasteiger partial charge in [-0.15, -0.1) is 0 Å². The van der Waals surface area contributed by atoms with Crippen molar-refractivity contribution >= 4 is 21.6 Å². The van der Waals surface area contributed by atoms with Gasteiger partial charge in [-0.1, -0.05) is 38.8 Å². The number of benzene rings is 1. The molecule has 4 nitrogen and oxygen atoms in total. The average molecular weight is 319 g/mol. The van der Waals surface area contributed by atoms with Crippen molar-refractivity contribution < 1.29 is 8.42 Å². The summed E-state index contributed by atoms with van der Waals surface area (Å²) in [7, 11) is -3.49. The maximum absolute atomic E-state index is 12.6. The molecule has 114 valence electrons. The molecule has 1 atom stereocenters. The van der Waals surface area contributed by atoms with Gasteiger partial charge in [0.15, 0.2) is 0 Å². The summed E-state index contributed by atoms with van der Waals surface area (Å²) < 4.78 is 26.8. The van der Waals surface area contributed by atoms with Crippen LogP contribution in [-0.4, -0.2) is 25.8 Å². The van der Waals surface area contributed by atoms with Gasteiger partial charge in [-0.25, -0.2) is 8.42 Å². The Labute approximate surface area is 127 Å². The molecule has 1 aromatic carbocycles. The summed E-state index contributed by atoms with van der Waals surface area (Å²) in [5.74, 6) is 0.325. The van der Waals surface area contributed by atoms with E-state index in [1.165, 1.54) is 10.4 Å². The third kappa shape index (κ3) is 3.95. The lowest BCUT2D eigenvalue weighted by Gasteiger charge is -2.23. The van der Waals surface area contributed by atoms with E-state index in [1.54, 1.807) is 12.1 Å². The van der Waals surface area contributed by atoms with E-state index in [2.05, 4.69) is 6.92 Å². The Morgan fingerprint density at radius 1 is 1.35 bits per heavy atom. The zero-order valence-corrected chi connectivity index (χ0v) is 13.8. The van der Waals surface area contributed by atoms with E-state index in [1.807, 2.05) is 13.8 Å². The predicted octanol–water partition coefficient (Wildman–Crippen LogP) is 2.86. The maximum atomic E-state index is 12.6. The van der Waals surface area contributed by atoms with Gasteiger partial charge < -0.3 is 5.73 Å². The van der Waals surface area contributed by atoms with Crippen molar-refractivity contribution in [2.45, 2.75) is 38.6 Å². The van der Waals surface area contributed by atoms with E-state index >= 15 is 0 Å². The van der Waals surface area contributed by atoms with Crippen LogP contribution in [-0.2, 0) is 16.6 Å². The van der Waals surface area contributed by atoms with Crippen LogP contribution in [0.2, 0.25) is 5.02 Å². The van der Waals surface area contributed by atoms with Crippen LogP contribution in [0.4, 0.5) is 0 Å². The second-order valence-corrected chi connectivity index (χ2v) is 7.27. The van der Waals surface area contributed by atoms with Crippen LogP contribution < -0.4 is 5.73 Å². The number of nitrogens with two attached hydrogens (primary N) is 1. The van der Waals surface area contributed by atoms with Crippen LogP contribution in [0.1, 0.15) is 32.8 Å². The highest BCUT2D eigenvalue weighted by Crippen LogP contribution is 2.23. The van der Waals surface area contributed by atoms with Crippen molar-refractivity contribution in [3.8, 4) is 0 Å². The zero-order chi connectivity index (χ0) is 15.3. The fourth-order valence-electron chi connectivity index (χ4n) is 1.89. The number of nitrogens with zero attached hydrogens (tertiary/aromatic N) is 1. The Bertz CT molecular complexity index is 546. The fourth-order valence-corrected chi connectivity index (χ4v) is 3.71. The monoisotopic (exact) mass is 318 g/mol. The van der Waals surface area contributed by atoms with Crippen molar-refractivity contribution in [2.24, 2.45) is 11.7 Å². The summed E-state index contributed by atoms with van der Waals surface area (Å²) in [6.07, 6.45) is 0.945. The second-order valence-electron chi connectivity index (χ2n) is 4.93. The van der Waals surface area contributed by atoms with Gasteiger partial charge in [-0.3, -0.25) is 0 Å².